The number of halogens is 1. The maximum absolute atomic E-state index is 12.0. The first-order valence-electron chi connectivity index (χ1n) is 6.46. The molecule has 0 spiro atoms. The summed E-state index contributed by atoms with van der Waals surface area (Å²) in [6, 6.07) is 15.7. The van der Waals surface area contributed by atoms with Crippen molar-refractivity contribution in [1.82, 2.24) is 5.32 Å². The van der Waals surface area contributed by atoms with Crippen LogP contribution in [0.15, 0.2) is 54.6 Å². The lowest BCUT2D eigenvalue weighted by Gasteiger charge is -2.14. The van der Waals surface area contributed by atoms with Crippen LogP contribution in [0.3, 0.4) is 0 Å². The van der Waals surface area contributed by atoms with Gasteiger partial charge in [0.25, 0.3) is 5.91 Å². The topological polar surface area (TPSA) is 72.2 Å². The Bertz CT molecular complexity index is 644. The number of amides is 2. The summed E-state index contributed by atoms with van der Waals surface area (Å²) in [5.41, 5.74) is 6.62. The van der Waals surface area contributed by atoms with E-state index in [1.165, 1.54) is 0 Å². The number of carbonyl (C=O) groups is 2. The summed E-state index contributed by atoms with van der Waals surface area (Å²) in [6.45, 7) is 0.144. The Kier molecular flexibility index (Phi) is 4.95. The molecule has 0 fully saturated rings. The molecule has 0 saturated carbocycles. The standard InChI is InChI=1S/C16H15ClN2O2/c17-13-8-4-7-12(9-13)16(21)19-10-14(15(18)20)11-5-2-1-3-6-11/h1-9,14H,10H2,(H2,18,20)(H,19,21). The highest BCUT2D eigenvalue weighted by Crippen LogP contribution is 2.15. The number of hydrogen-bond donors (Lipinski definition) is 2. The molecule has 3 N–H and O–H groups in total. The van der Waals surface area contributed by atoms with Gasteiger partial charge in [-0.3, -0.25) is 9.59 Å². The first-order valence-corrected chi connectivity index (χ1v) is 6.84. The zero-order valence-electron chi connectivity index (χ0n) is 11.3. The number of benzene rings is 2. The van der Waals surface area contributed by atoms with Crippen LogP contribution in [0.5, 0.6) is 0 Å². The molecule has 5 heteroatoms. The third kappa shape index (κ3) is 4.07. The number of nitrogens with two attached hydrogens (primary N) is 1. The van der Waals surface area contributed by atoms with Gasteiger partial charge in [-0.05, 0) is 23.8 Å². The van der Waals surface area contributed by atoms with E-state index < -0.39 is 11.8 Å². The van der Waals surface area contributed by atoms with Gasteiger partial charge in [-0.1, -0.05) is 48.0 Å². The molecule has 0 aromatic heterocycles. The zero-order valence-corrected chi connectivity index (χ0v) is 12.0. The van der Waals surface area contributed by atoms with Crippen LogP contribution in [-0.2, 0) is 4.79 Å². The Morgan fingerprint density at radius 2 is 1.81 bits per heavy atom. The average Bonchev–Trinajstić information content (AvgIpc) is 2.48. The molecular weight excluding hydrogens is 288 g/mol. The van der Waals surface area contributed by atoms with E-state index in [0.29, 0.717) is 10.6 Å². The van der Waals surface area contributed by atoms with Gasteiger partial charge in [0.05, 0.1) is 5.92 Å². The quantitative estimate of drug-likeness (QED) is 0.890. The summed E-state index contributed by atoms with van der Waals surface area (Å²) >= 11 is 5.84. The number of nitrogens with one attached hydrogen (secondary N) is 1. The number of carbonyl (C=O) groups excluding carboxylic acids is 2. The van der Waals surface area contributed by atoms with Crippen molar-refractivity contribution in [3.05, 3.63) is 70.7 Å². The molecule has 2 rings (SSSR count). The number of rotatable bonds is 5. The van der Waals surface area contributed by atoms with Crippen LogP contribution in [0.1, 0.15) is 21.8 Å². The molecule has 0 bridgehead atoms. The van der Waals surface area contributed by atoms with Crippen molar-refractivity contribution in [1.29, 1.82) is 0 Å². The highest BCUT2D eigenvalue weighted by Gasteiger charge is 2.18. The van der Waals surface area contributed by atoms with Crippen LogP contribution in [0.2, 0.25) is 5.02 Å². The molecule has 1 atom stereocenters. The molecule has 0 aliphatic heterocycles. The van der Waals surface area contributed by atoms with Crippen LogP contribution in [0, 0.1) is 0 Å². The molecule has 21 heavy (non-hydrogen) atoms. The van der Waals surface area contributed by atoms with Crippen molar-refractivity contribution < 1.29 is 9.59 Å². The van der Waals surface area contributed by atoms with Crippen LogP contribution >= 0.6 is 11.6 Å². The summed E-state index contributed by atoms with van der Waals surface area (Å²) in [6.07, 6.45) is 0. The third-order valence-electron chi connectivity index (χ3n) is 3.10. The molecule has 2 aromatic rings. The van der Waals surface area contributed by atoms with E-state index in [9.17, 15) is 9.59 Å². The van der Waals surface area contributed by atoms with Crippen molar-refractivity contribution in [2.45, 2.75) is 5.92 Å². The molecule has 0 aliphatic rings. The molecule has 108 valence electrons. The lowest BCUT2D eigenvalue weighted by molar-refractivity contribution is -0.119. The summed E-state index contributed by atoms with van der Waals surface area (Å²) < 4.78 is 0. The lowest BCUT2D eigenvalue weighted by atomic mass is 9.98. The van der Waals surface area contributed by atoms with E-state index in [-0.39, 0.29) is 12.5 Å². The van der Waals surface area contributed by atoms with Gasteiger partial charge in [-0.15, -0.1) is 0 Å². The second kappa shape index (κ2) is 6.90. The molecule has 0 aliphatic carbocycles. The van der Waals surface area contributed by atoms with E-state index >= 15 is 0 Å². The third-order valence-corrected chi connectivity index (χ3v) is 3.33. The minimum atomic E-state index is -0.561. The van der Waals surface area contributed by atoms with Crippen LogP contribution < -0.4 is 11.1 Å². The fraction of sp³-hybridized carbons (Fsp3) is 0.125. The van der Waals surface area contributed by atoms with Crippen molar-refractivity contribution in [3.63, 3.8) is 0 Å². The molecule has 4 nitrogen and oxygen atoms in total. The lowest BCUT2D eigenvalue weighted by Crippen LogP contribution is -2.34. The van der Waals surface area contributed by atoms with E-state index in [1.54, 1.807) is 36.4 Å². The Labute approximate surface area is 127 Å². The van der Waals surface area contributed by atoms with E-state index in [4.69, 9.17) is 17.3 Å². The van der Waals surface area contributed by atoms with Crippen molar-refractivity contribution >= 4 is 23.4 Å². The van der Waals surface area contributed by atoms with E-state index in [2.05, 4.69) is 5.32 Å². The fourth-order valence-electron chi connectivity index (χ4n) is 1.99. The van der Waals surface area contributed by atoms with Crippen LogP contribution in [0.25, 0.3) is 0 Å². The first kappa shape index (κ1) is 15.1. The number of hydrogen-bond acceptors (Lipinski definition) is 2. The normalized spacial score (nSPS) is 11.7. The molecule has 0 heterocycles. The van der Waals surface area contributed by atoms with Crippen LogP contribution in [0.4, 0.5) is 0 Å². The van der Waals surface area contributed by atoms with Crippen molar-refractivity contribution in [3.8, 4) is 0 Å². The first-order chi connectivity index (χ1) is 10.1. The summed E-state index contributed by atoms with van der Waals surface area (Å²) in [4.78, 5) is 23.6. The second-order valence-electron chi connectivity index (χ2n) is 4.59. The van der Waals surface area contributed by atoms with Gasteiger partial charge in [-0.2, -0.15) is 0 Å². The minimum absolute atomic E-state index is 0.144. The zero-order chi connectivity index (χ0) is 15.2. The smallest absolute Gasteiger partial charge is 0.251 e. The van der Waals surface area contributed by atoms with Gasteiger partial charge in [0.2, 0.25) is 5.91 Å². The molecule has 2 aromatic carbocycles. The van der Waals surface area contributed by atoms with E-state index in [0.717, 1.165) is 5.56 Å². The molecule has 1 unspecified atom stereocenters. The minimum Gasteiger partial charge on any atom is -0.369 e. The maximum atomic E-state index is 12.0. The van der Waals surface area contributed by atoms with Crippen molar-refractivity contribution in [2.24, 2.45) is 5.73 Å². The second-order valence-corrected chi connectivity index (χ2v) is 5.02. The fourth-order valence-corrected chi connectivity index (χ4v) is 2.18. The summed E-state index contributed by atoms with van der Waals surface area (Å²) in [7, 11) is 0. The maximum Gasteiger partial charge on any atom is 0.251 e. The predicted octanol–water partition coefficient (Wildman–Crippen LogP) is 2.34. The average molecular weight is 303 g/mol. The Hall–Kier alpha value is -2.33. The molecular formula is C16H15ClN2O2. The molecule has 0 saturated heterocycles. The van der Waals surface area contributed by atoms with Gasteiger partial charge >= 0.3 is 0 Å². The van der Waals surface area contributed by atoms with Crippen molar-refractivity contribution in [2.75, 3.05) is 6.54 Å². The van der Waals surface area contributed by atoms with Gasteiger partial charge in [0, 0.05) is 17.1 Å². The van der Waals surface area contributed by atoms with E-state index in [1.807, 2.05) is 18.2 Å². The predicted molar refractivity (Wildman–Crippen MR) is 82.2 cm³/mol. The monoisotopic (exact) mass is 302 g/mol. The Morgan fingerprint density at radius 1 is 1.10 bits per heavy atom. The highest BCUT2D eigenvalue weighted by molar-refractivity contribution is 6.30. The van der Waals surface area contributed by atoms with Gasteiger partial charge < -0.3 is 11.1 Å². The Balaban J connectivity index is 2.06. The van der Waals surface area contributed by atoms with Gasteiger partial charge in [0.15, 0.2) is 0 Å². The number of primary amides is 1. The largest absolute Gasteiger partial charge is 0.369 e. The molecule has 0 radical (unpaired) electrons. The summed E-state index contributed by atoms with van der Waals surface area (Å²) in [5.74, 6) is -1.33. The SMILES string of the molecule is NC(=O)C(CNC(=O)c1cccc(Cl)c1)c1ccccc1. The highest BCUT2D eigenvalue weighted by atomic mass is 35.5. The molecule has 2 amide bonds. The Morgan fingerprint density at radius 3 is 2.43 bits per heavy atom. The van der Waals surface area contributed by atoms with Gasteiger partial charge in [-0.25, -0.2) is 0 Å². The van der Waals surface area contributed by atoms with Crippen LogP contribution in [-0.4, -0.2) is 18.4 Å². The summed E-state index contributed by atoms with van der Waals surface area (Å²) in [5, 5.41) is 3.19. The van der Waals surface area contributed by atoms with Gasteiger partial charge in [0.1, 0.15) is 0 Å².